The maximum Gasteiger partial charge on any atom is 0.123 e. The molecular weight excluding hydrogens is 205 g/mol. The highest BCUT2D eigenvalue weighted by Crippen LogP contribution is 2.23. The van der Waals surface area contributed by atoms with Crippen molar-refractivity contribution in [3.63, 3.8) is 0 Å². The smallest absolute Gasteiger partial charge is 0.123 e. The Labute approximate surface area is 95.8 Å². The predicted molar refractivity (Wildman–Crippen MR) is 61.9 cm³/mol. The van der Waals surface area contributed by atoms with Gasteiger partial charge in [-0.2, -0.15) is 0 Å². The molecule has 0 unspecified atom stereocenters. The van der Waals surface area contributed by atoms with E-state index in [1.54, 1.807) is 7.11 Å². The van der Waals surface area contributed by atoms with Gasteiger partial charge in [0.15, 0.2) is 0 Å². The van der Waals surface area contributed by atoms with Crippen LogP contribution in [0.25, 0.3) is 0 Å². The number of rotatable bonds is 5. The third-order valence-electron chi connectivity index (χ3n) is 3.34. The highest BCUT2D eigenvalue weighted by molar-refractivity contribution is 5.16. The minimum atomic E-state index is -0.166. The molecule has 0 atom stereocenters. The van der Waals surface area contributed by atoms with E-state index in [9.17, 15) is 4.39 Å². The fourth-order valence-electron chi connectivity index (χ4n) is 2.09. The number of hydrogen-bond donors (Lipinski definition) is 1. The van der Waals surface area contributed by atoms with Gasteiger partial charge in [-0.15, -0.1) is 0 Å². The van der Waals surface area contributed by atoms with Crippen LogP contribution in [-0.2, 0) is 11.2 Å². The topological polar surface area (TPSA) is 21.3 Å². The molecule has 1 aromatic carbocycles. The summed E-state index contributed by atoms with van der Waals surface area (Å²) in [4.78, 5) is 0. The van der Waals surface area contributed by atoms with Crippen molar-refractivity contribution in [2.75, 3.05) is 20.2 Å². The molecule has 1 aromatic rings. The zero-order chi connectivity index (χ0) is 11.4. The molecule has 2 nitrogen and oxygen atoms in total. The largest absolute Gasteiger partial charge is 0.376 e. The van der Waals surface area contributed by atoms with Gasteiger partial charge in [-0.1, -0.05) is 12.1 Å². The first kappa shape index (κ1) is 11.6. The third kappa shape index (κ3) is 2.60. The Bertz CT molecular complexity index is 327. The van der Waals surface area contributed by atoms with Gasteiger partial charge in [0.25, 0.3) is 0 Å². The van der Waals surface area contributed by atoms with E-state index in [1.807, 2.05) is 12.1 Å². The molecule has 88 valence electrons. The van der Waals surface area contributed by atoms with E-state index in [0.717, 1.165) is 32.4 Å². The Hall–Kier alpha value is -0.930. The summed E-state index contributed by atoms with van der Waals surface area (Å²) in [7, 11) is 1.78. The lowest BCUT2D eigenvalue weighted by Gasteiger charge is -2.41. The highest BCUT2D eigenvalue weighted by Gasteiger charge is 2.35. The van der Waals surface area contributed by atoms with E-state index in [4.69, 9.17) is 4.74 Å². The standard InChI is InChI=1S/C13H18FNO/c1-16-13(9-15-10-13)8-2-3-11-4-6-12(14)7-5-11/h4-7,15H,2-3,8-10H2,1H3. The van der Waals surface area contributed by atoms with Gasteiger partial charge in [0.1, 0.15) is 5.82 Å². The number of nitrogens with one attached hydrogen (secondary N) is 1. The first-order chi connectivity index (χ1) is 7.74. The van der Waals surface area contributed by atoms with E-state index >= 15 is 0 Å². The minimum absolute atomic E-state index is 0.0556. The Morgan fingerprint density at radius 2 is 2.00 bits per heavy atom. The second-order valence-corrected chi connectivity index (χ2v) is 4.47. The van der Waals surface area contributed by atoms with E-state index in [-0.39, 0.29) is 11.4 Å². The number of ether oxygens (including phenoxy) is 1. The van der Waals surface area contributed by atoms with Crippen molar-refractivity contribution in [1.82, 2.24) is 5.32 Å². The first-order valence-corrected chi connectivity index (χ1v) is 5.74. The molecule has 0 radical (unpaired) electrons. The number of halogens is 1. The maximum absolute atomic E-state index is 12.7. The molecule has 0 aliphatic carbocycles. The molecule has 1 aliphatic rings. The van der Waals surface area contributed by atoms with Gasteiger partial charge in [0.05, 0.1) is 5.60 Å². The van der Waals surface area contributed by atoms with Crippen LogP contribution in [0.1, 0.15) is 18.4 Å². The van der Waals surface area contributed by atoms with E-state index in [1.165, 1.54) is 17.7 Å². The molecule has 3 heteroatoms. The van der Waals surface area contributed by atoms with Gasteiger partial charge in [0.2, 0.25) is 0 Å². The van der Waals surface area contributed by atoms with Crippen molar-refractivity contribution in [2.45, 2.75) is 24.9 Å². The molecule has 1 fully saturated rings. The lowest BCUT2D eigenvalue weighted by molar-refractivity contribution is -0.0581. The average molecular weight is 223 g/mol. The van der Waals surface area contributed by atoms with Crippen molar-refractivity contribution in [1.29, 1.82) is 0 Å². The van der Waals surface area contributed by atoms with Gasteiger partial charge in [-0.05, 0) is 37.0 Å². The molecule has 16 heavy (non-hydrogen) atoms. The normalized spacial score (nSPS) is 18.1. The predicted octanol–water partition coefficient (Wildman–Crippen LogP) is 2.14. The van der Waals surface area contributed by atoms with E-state index < -0.39 is 0 Å². The lowest BCUT2D eigenvalue weighted by atomic mass is 9.89. The minimum Gasteiger partial charge on any atom is -0.376 e. The van der Waals surface area contributed by atoms with Gasteiger partial charge < -0.3 is 10.1 Å². The van der Waals surface area contributed by atoms with Gasteiger partial charge in [0, 0.05) is 20.2 Å². The lowest BCUT2D eigenvalue weighted by Crippen LogP contribution is -2.60. The van der Waals surface area contributed by atoms with Crippen molar-refractivity contribution < 1.29 is 9.13 Å². The summed E-state index contributed by atoms with van der Waals surface area (Å²) in [5.41, 5.74) is 1.25. The zero-order valence-electron chi connectivity index (χ0n) is 9.63. The maximum atomic E-state index is 12.7. The molecule has 0 saturated carbocycles. The second kappa shape index (κ2) is 4.93. The monoisotopic (exact) mass is 223 g/mol. The van der Waals surface area contributed by atoms with Crippen molar-refractivity contribution in [2.24, 2.45) is 0 Å². The molecule has 1 N–H and O–H groups in total. The Morgan fingerprint density at radius 3 is 2.50 bits per heavy atom. The summed E-state index contributed by atoms with van der Waals surface area (Å²) < 4.78 is 18.2. The number of benzene rings is 1. The van der Waals surface area contributed by atoms with Crippen LogP contribution in [0.15, 0.2) is 24.3 Å². The summed E-state index contributed by atoms with van der Waals surface area (Å²) in [6, 6.07) is 6.75. The van der Waals surface area contributed by atoms with Crippen LogP contribution in [0.2, 0.25) is 0 Å². The van der Waals surface area contributed by atoms with Crippen LogP contribution < -0.4 is 5.32 Å². The second-order valence-electron chi connectivity index (χ2n) is 4.47. The molecular formula is C13H18FNO. The van der Waals surface area contributed by atoms with Crippen molar-refractivity contribution in [3.05, 3.63) is 35.6 Å². The zero-order valence-corrected chi connectivity index (χ0v) is 9.63. The quantitative estimate of drug-likeness (QED) is 0.825. The van der Waals surface area contributed by atoms with Crippen LogP contribution in [0.3, 0.4) is 0 Å². The molecule has 0 bridgehead atoms. The fraction of sp³-hybridized carbons (Fsp3) is 0.538. The first-order valence-electron chi connectivity index (χ1n) is 5.74. The molecule has 1 saturated heterocycles. The Morgan fingerprint density at radius 1 is 1.31 bits per heavy atom. The third-order valence-corrected chi connectivity index (χ3v) is 3.34. The molecule has 0 amide bonds. The molecule has 1 heterocycles. The van der Waals surface area contributed by atoms with Gasteiger partial charge in [-0.3, -0.25) is 0 Å². The van der Waals surface area contributed by atoms with Gasteiger partial charge in [-0.25, -0.2) is 4.39 Å². The molecule has 2 rings (SSSR count). The summed E-state index contributed by atoms with van der Waals surface area (Å²) in [6.45, 7) is 1.90. The molecule has 0 aromatic heterocycles. The number of methoxy groups -OCH3 is 1. The van der Waals surface area contributed by atoms with Crippen LogP contribution >= 0.6 is 0 Å². The van der Waals surface area contributed by atoms with Crippen molar-refractivity contribution in [3.8, 4) is 0 Å². The summed E-state index contributed by atoms with van der Waals surface area (Å²) in [5.74, 6) is -0.166. The Balaban J connectivity index is 1.77. The molecule has 0 spiro atoms. The van der Waals surface area contributed by atoms with Crippen LogP contribution in [0.4, 0.5) is 4.39 Å². The SMILES string of the molecule is COC1(CCCc2ccc(F)cc2)CNC1. The summed E-state index contributed by atoms with van der Waals surface area (Å²) in [6.07, 6.45) is 3.14. The fourth-order valence-corrected chi connectivity index (χ4v) is 2.09. The van der Waals surface area contributed by atoms with Crippen LogP contribution in [0.5, 0.6) is 0 Å². The highest BCUT2D eigenvalue weighted by atomic mass is 19.1. The number of hydrogen-bond acceptors (Lipinski definition) is 2. The van der Waals surface area contributed by atoms with E-state index in [0.29, 0.717) is 0 Å². The average Bonchev–Trinajstić information content (AvgIpc) is 2.25. The van der Waals surface area contributed by atoms with Crippen LogP contribution in [-0.4, -0.2) is 25.8 Å². The molecule has 1 aliphatic heterocycles. The van der Waals surface area contributed by atoms with Crippen LogP contribution in [0, 0.1) is 5.82 Å². The van der Waals surface area contributed by atoms with Gasteiger partial charge >= 0.3 is 0 Å². The van der Waals surface area contributed by atoms with E-state index in [2.05, 4.69) is 5.32 Å². The Kier molecular flexibility index (Phi) is 3.56. The summed E-state index contributed by atoms with van der Waals surface area (Å²) >= 11 is 0. The summed E-state index contributed by atoms with van der Waals surface area (Å²) in [5, 5.41) is 3.23. The van der Waals surface area contributed by atoms with Crippen molar-refractivity contribution >= 4 is 0 Å². The number of aryl methyl sites for hydroxylation is 1.